The van der Waals surface area contributed by atoms with Crippen LogP contribution in [0, 0.1) is 0 Å². The number of para-hydroxylation sites is 2. The first-order valence-corrected chi connectivity index (χ1v) is 8.59. The number of aromatic nitrogens is 1. The van der Waals surface area contributed by atoms with Crippen LogP contribution in [0.1, 0.15) is 11.1 Å². The standard InChI is InChI=1S/C21H24N4O/c1-22-21(25(2)15-18-8-4-5-12-19(18)26-3)24-14-17-10-6-9-16-11-7-13-23-20(16)17/h4-13H,14-15H2,1-3H3,(H,22,24). The van der Waals surface area contributed by atoms with Crippen LogP contribution in [-0.4, -0.2) is 37.0 Å². The maximum atomic E-state index is 5.44. The fourth-order valence-corrected chi connectivity index (χ4v) is 3.03. The summed E-state index contributed by atoms with van der Waals surface area (Å²) in [6.07, 6.45) is 1.83. The molecule has 0 radical (unpaired) electrons. The Labute approximate surface area is 154 Å². The normalized spacial score (nSPS) is 11.4. The minimum Gasteiger partial charge on any atom is -0.496 e. The van der Waals surface area contributed by atoms with Crippen LogP contribution in [0.25, 0.3) is 10.9 Å². The predicted molar refractivity (Wildman–Crippen MR) is 106 cm³/mol. The summed E-state index contributed by atoms with van der Waals surface area (Å²) in [7, 11) is 5.50. The van der Waals surface area contributed by atoms with E-state index in [0.29, 0.717) is 13.1 Å². The number of rotatable bonds is 5. The Morgan fingerprint density at radius 2 is 1.85 bits per heavy atom. The summed E-state index contributed by atoms with van der Waals surface area (Å²) in [5.74, 6) is 1.71. The first-order valence-electron chi connectivity index (χ1n) is 8.59. The summed E-state index contributed by atoms with van der Waals surface area (Å²) >= 11 is 0. The largest absolute Gasteiger partial charge is 0.496 e. The molecule has 0 aliphatic carbocycles. The van der Waals surface area contributed by atoms with Gasteiger partial charge in [0.25, 0.3) is 0 Å². The SMILES string of the molecule is CN=C(NCc1cccc2cccnc12)N(C)Cc1ccccc1OC. The van der Waals surface area contributed by atoms with Crippen molar-refractivity contribution in [3.05, 3.63) is 71.9 Å². The Balaban J connectivity index is 1.71. The molecule has 0 saturated heterocycles. The molecule has 134 valence electrons. The number of hydrogen-bond acceptors (Lipinski definition) is 3. The van der Waals surface area contributed by atoms with Crippen molar-refractivity contribution in [3.8, 4) is 5.75 Å². The quantitative estimate of drug-likeness (QED) is 0.567. The molecule has 0 aliphatic rings. The van der Waals surface area contributed by atoms with E-state index in [4.69, 9.17) is 4.74 Å². The van der Waals surface area contributed by atoms with Gasteiger partial charge in [-0.2, -0.15) is 0 Å². The van der Waals surface area contributed by atoms with E-state index in [9.17, 15) is 0 Å². The number of methoxy groups -OCH3 is 1. The first kappa shape index (κ1) is 17.7. The third-order valence-electron chi connectivity index (χ3n) is 4.33. The zero-order valence-electron chi connectivity index (χ0n) is 15.4. The fourth-order valence-electron chi connectivity index (χ4n) is 3.03. The lowest BCUT2D eigenvalue weighted by atomic mass is 10.1. The van der Waals surface area contributed by atoms with Gasteiger partial charge >= 0.3 is 0 Å². The molecule has 0 fully saturated rings. The third kappa shape index (κ3) is 3.94. The maximum absolute atomic E-state index is 5.44. The molecule has 0 amide bonds. The Morgan fingerprint density at radius 3 is 2.65 bits per heavy atom. The monoisotopic (exact) mass is 348 g/mol. The van der Waals surface area contributed by atoms with Crippen molar-refractivity contribution in [2.24, 2.45) is 4.99 Å². The molecule has 0 unspecified atom stereocenters. The van der Waals surface area contributed by atoms with Gasteiger partial charge in [0.2, 0.25) is 0 Å². The highest BCUT2D eigenvalue weighted by atomic mass is 16.5. The van der Waals surface area contributed by atoms with E-state index < -0.39 is 0 Å². The van der Waals surface area contributed by atoms with Crippen LogP contribution < -0.4 is 10.1 Å². The molecule has 3 aromatic rings. The van der Waals surface area contributed by atoms with Crippen LogP contribution in [0.3, 0.4) is 0 Å². The molecule has 3 rings (SSSR count). The topological polar surface area (TPSA) is 49.8 Å². The van der Waals surface area contributed by atoms with Gasteiger partial charge in [-0.05, 0) is 17.7 Å². The molecule has 26 heavy (non-hydrogen) atoms. The van der Waals surface area contributed by atoms with E-state index in [2.05, 4.69) is 50.5 Å². The number of aliphatic imine (C=N–C) groups is 1. The van der Waals surface area contributed by atoms with Crippen LogP contribution in [-0.2, 0) is 13.1 Å². The van der Waals surface area contributed by atoms with Crippen molar-refractivity contribution in [2.45, 2.75) is 13.1 Å². The molecular formula is C21H24N4O. The summed E-state index contributed by atoms with van der Waals surface area (Å²) in [6.45, 7) is 1.37. The molecule has 5 nitrogen and oxygen atoms in total. The smallest absolute Gasteiger partial charge is 0.193 e. The van der Waals surface area contributed by atoms with Gasteiger partial charge in [-0.25, -0.2) is 0 Å². The molecule has 0 saturated carbocycles. The molecule has 0 spiro atoms. The Hall–Kier alpha value is -3.08. The van der Waals surface area contributed by atoms with Gasteiger partial charge in [0.1, 0.15) is 5.75 Å². The van der Waals surface area contributed by atoms with E-state index in [1.807, 2.05) is 37.5 Å². The highest BCUT2D eigenvalue weighted by Crippen LogP contribution is 2.19. The average molecular weight is 348 g/mol. The highest BCUT2D eigenvalue weighted by Gasteiger charge is 2.10. The molecule has 5 heteroatoms. The van der Waals surface area contributed by atoms with Gasteiger partial charge in [0.05, 0.1) is 12.6 Å². The van der Waals surface area contributed by atoms with Crippen molar-refractivity contribution < 1.29 is 4.74 Å². The Morgan fingerprint density at radius 1 is 1.08 bits per heavy atom. The van der Waals surface area contributed by atoms with Gasteiger partial charge in [0.15, 0.2) is 5.96 Å². The molecule has 0 atom stereocenters. The van der Waals surface area contributed by atoms with Crippen molar-refractivity contribution in [1.29, 1.82) is 0 Å². The molecule has 0 aliphatic heterocycles. The number of nitrogens with one attached hydrogen (secondary N) is 1. The molecule has 1 N–H and O–H groups in total. The summed E-state index contributed by atoms with van der Waals surface area (Å²) in [6, 6.07) is 18.3. The number of nitrogens with zero attached hydrogens (tertiary/aromatic N) is 3. The number of fused-ring (bicyclic) bond motifs is 1. The second-order valence-electron chi connectivity index (χ2n) is 6.06. The zero-order valence-corrected chi connectivity index (χ0v) is 15.4. The Kier molecular flexibility index (Phi) is 5.69. The van der Waals surface area contributed by atoms with Crippen LogP contribution in [0.5, 0.6) is 5.75 Å². The second-order valence-corrected chi connectivity index (χ2v) is 6.06. The second kappa shape index (κ2) is 8.34. The molecule has 0 bridgehead atoms. The summed E-state index contributed by atoms with van der Waals surface area (Å²) in [5, 5.41) is 4.57. The lowest BCUT2D eigenvalue weighted by Crippen LogP contribution is -2.38. The van der Waals surface area contributed by atoms with Gasteiger partial charge < -0.3 is 15.0 Å². The van der Waals surface area contributed by atoms with E-state index in [-0.39, 0.29) is 0 Å². The van der Waals surface area contributed by atoms with Crippen molar-refractivity contribution in [2.75, 3.05) is 21.2 Å². The van der Waals surface area contributed by atoms with E-state index >= 15 is 0 Å². The first-order chi connectivity index (χ1) is 12.7. The fraction of sp³-hybridized carbons (Fsp3) is 0.238. The number of guanidine groups is 1. The number of hydrogen-bond donors (Lipinski definition) is 1. The van der Waals surface area contributed by atoms with Crippen LogP contribution >= 0.6 is 0 Å². The van der Waals surface area contributed by atoms with Gasteiger partial charge in [0, 0.05) is 44.3 Å². The minimum atomic E-state index is 0.664. The predicted octanol–water partition coefficient (Wildman–Crippen LogP) is 3.45. The molecule has 1 aromatic heterocycles. The number of pyridine rings is 1. The lowest BCUT2D eigenvalue weighted by molar-refractivity contribution is 0.396. The summed E-state index contributed by atoms with van der Waals surface area (Å²) in [4.78, 5) is 11.0. The van der Waals surface area contributed by atoms with Crippen LogP contribution in [0.2, 0.25) is 0 Å². The average Bonchev–Trinajstić information content (AvgIpc) is 2.69. The van der Waals surface area contributed by atoms with Crippen molar-refractivity contribution in [1.82, 2.24) is 15.2 Å². The lowest BCUT2D eigenvalue weighted by Gasteiger charge is -2.23. The number of ether oxygens (including phenoxy) is 1. The zero-order chi connectivity index (χ0) is 18.4. The van der Waals surface area contributed by atoms with E-state index in [1.165, 1.54) is 0 Å². The van der Waals surface area contributed by atoms with E-state index in [1.54, 1.807) is 14.2 Å². The molecule has 1 heterocycles. The van der Waals surface area contributed by atoms with Crippen LogP contribution in [0.15, 0.2) is 65.8 Å². The van der Waals surface area contributed by atoms with Crippen molar-refractivity contribution >= 4 is 16.9 Å². The number of benzene rings is 2. The Bertz CT molecular complexity index is 902. The van der Waals surface area contributed by atoms with Gasteiger partial charge in [-0.1, -0.05) is 42.5 Å². The van der Waals surface area contributed by atoms with Crippen molar-refractivity contribution in [3.63, 3.8) is 0 Å². The maximum Gasteiger partial charge on any atom is 0.193 e. The minimum absolute atomic E-state index is 0.664. The summed E-state index contributed by atoms with van der Waals surface area (Å²) in [5.41, 5.74) is 3.28. The van der Waals surface area contributed by atoms with Crippen LogP contribution in [0.4, 0.5) is 0 Å². The summed E-state index contributed by atoms with van der Waals surface area (Å²) < 4.78 is 5.44. The van der Waals surface area contributed by atoms with Gasteiger partial charge in [-0.15, -0.1) is 0 Å². The molecule has 2 aromatic carbocycles. The van der Waals surface area contributed by atoms with E-state index in [0.717, 1.165) is 33.7 Å². The molecular weight excluding hydrogens is 324 g/mol. The third-order valence-corrected chi connectivity index (χ3v) is 4.33. The van der Waals surface area contributed by atoms with Gasteiger partial charge in [-0.3, -0.25) is 9.98 Å². The highest BCUT2D eigenvalue weighted by molar-refractivity contribution is 5.83.